The van der Waals surface area contributed by atoms with E-state index in [0.717, 1.165) is 35.3 Å². The fourth-order valence-electron chi connectivity index (χ4n) is 4.08. The summed E-state index contributed by atoms with van der Waals surface area (Å²) in [7, 11) is 0. The number of nitrogens with one attached hydrogen (secondary N) is 1. The molecule has 2 atom stereocenters. The molecule has 0 bridgehead atoms. The largest absolute Gasteiger partial charge is 0.611 e. The first-order chi connectivity index (χ1) is 19.5. The molecular weight excluding hydrogens is 549 g/mol. The predicted octanol–water partition coefficient (Wildman–Crippen LogP) is 7.10. The molecule has 210 valence electrons. The minimum absolute atomic E-state index is 0.345. The van der Waals surface area contributed by atoms with E-state index >= 15 is 0 Å². The van der Waals surface area contributed by atoms with Crippen molar-refractivity contribution in [1.82, 2.24) is 9.55 Å². The maximum Gasteiger partial charge on any atom is 0.153 e. The van der Waals surface area contributed by atoms with Crippen molar-refractivity contribution in [1.29, 1.82) is 0 Å². The van der Waals surface area contributed by atoms with Crippen LogP contribution in [-0.4, -0.2) is 38.7 Å². The topological polar surface area (TPSA) is 82.4 Å². The number of anilines is 1. The Morgan fingerprint density at radius 1 is 1.12 bits per heavy atom. The molecule has 4 rings (SSSR count). The van der Waals surface area contributed by atoms with Gasteiger partial charge >= 0.3 is 0 Å². The summed E-state index contributed by atoms with van der Waals surface area (Å²) in [5.41, 5.74) is 4.35. The molecule has 0 radical (unpaired) electrons. The Morgan fingerprint density at radius 2 is 1.88 bits per heavy atom. The highest BCUT2D eigenvalue weighted by Gasteiger charge is 2.15. The van der Waals surface area contributed by atoms with Gasteiger partial charge in [-0.25, -0.2) is 4.98 Å². The van der Waals surface area contributed by atoms with Gasteiger partial charge in [0, 0.05) is 23.7 Å². The Kier molecular flexibility index (Phi) is 11.1. The van der Waals surface area contributed by atoms with E-state index < -0.39 is 24.1 Å². The molecule has 4 aromatic rings. The van der Waals surface area contributed by atoms with Crippen LogP contribution in [0.25, 0.3) is 17.2 Å². The zero-order chi connectivity index (χ0) is 28.3. The number of aliphatic hydroxyl groups excluding tert-OH is 1. The van der Waals surface area contributed by atoms with Gasteiger partial charge in [-0.05, 0) is 88.9 Å². The highest BCUT2D eigenvalue weighted by Crippen LogP contribution is 2.28. The molecule has 0 fully saturated rings. The van der Waals surface area contributed by atoms with E-state index in [1.165, 1.54) is 0 Å². The lowest BCUT2D eigenvalue weighted by atomic mass is 10.0. The molecule has 0 aliphatic heterocycles. The quantitative estimate of drug-likeness (QED) is 0.0942. The Hall–Kier alpha value is -3.30. The number of imidazole rings is 1. The van der Waals surface area contributed by atoms with Gasteiger partial charge in [-0.2, -0.15) is 0 Å². The summed E-state index contributed by atoms with van der Waals surface area (Å²) >= 11 is 5.21. The van der Waals surface area contributed by atoms with Gasteiger partial charge in [0.15, 0.2) is 10.6 Å². The van der Waals surface area contributed by atoms with Crippen molar-refractivity contribution >= 4 is 34.5 Å². The number of aliphatic hydroxyl groups is 1. The molecule has 0 saturated carbocycles. The van der Waals surface area contributed by atoms with E-state index in [2.05, 4.69) is 17.2 Å². The van der Waals surface area contributed by atoms with Crippen LogP contribution in [0.5, 0.6) is 5.75 Å². The van der Waals surface area contributed by atoms with Gasteiger partial charge in [0.1, 0.15) is 12.0 Å². The molecule has 0 aliphatic carbocycles. The number of hydrogen-bond acceptors (Lipinski definition) is 5. The molecule has 9 heteroatoms. The third-order valence-corrected chi connectivity index (χ3v) is 7.86. The summed E-state index contributed by atoms with van der Waals surface area (Å²) in [4.78, 5) is 4.89. The summed E-state index contributed by atoms with van der Waals surface area (Å²) in [6, 6.07) is 20.5. The van der Waals surface area contributed by atoms with Crippen LogP contribution in [0.1, 0.15) is 31.0 Å². The summed E-state index contributed by atoms with van der Waals surface area (Å²) in [5.74, 6) is 1.09. The summed E-state index contributed by atoms with van der Waals surface area (Å²) in [6.07, 6.45) is 7.31. The van der Waals surface area contributed by atoms with Crippen LogP contribution in [0.15, 0.2) is 90.2 Å². The average molecular weight is 582 g/mol. The highest BCUT2D eigenvalue weighted by molar-refractivity contribution is 7.90. The fourth-order valence-corrected chi connectivity index (χ4v) is 5.38. The first-order valence-electron chi connectivity index (χ1n) is 13.2. The van der Waals surface area contributed by atoms with Crippen molar-refractivity contribution in [2.75, 3.05) is 18.6 Å². The van der Waals surface area contributed by atoms with Crippen LogP contribution in [0.2, 0.25) is 5.02 Å². The average Bonchev–Trinajstić information content (AvgIpc) is 3.40. The zero-order valence-corrected chi connectivity index (χ0v) is 23.9. The Morgan fingerprint density at radius 3 is 2.60 bits per heavy atom. The molecule has 2 N–H and O–H groups in total. The second-order valence-corrected chi connectivity index (χ2v) is 11.1. The van der Waals surface area contributed by atoms with E-state index in [1.54, 1.807) is 48.9 Å². The van der Waals surface area contributed by atoms with E-state index in [1.807, 2.05) is 47.0 Å². The van der Waals surface area contributed by atoms with Gasteiger partial charge < -0.3 is 24.3 Å². The summed E-state index contributed by atoms with van der Waals surface area (Å²) < 4.78 is 32.7. The highest BCUT2D eigenvalue weighted by atomic mass is 35.5. The lowest BCUT2D eigenvalue weighted by Gasteiger charge is -2.14. The van der Waals surface area contributed by atoms with Crippen molar-refractivity contribution in [3.63, 3.8) is 0 Å². The van der Waals surface area contributed by atoms with Crippen molar-refractivity contribution in [2.24, 2.45) is 0 Å². The van der Waals surface area contributed by atoms with Gasteiger partial charge in [0.25, 0.3) is 0 Å². The van der Waals surface area contributed by atoms with Crippen LogP contribution >= 0.6 is 11.6 Å². The lowest BCUT2D eigenvalue weighted by Crippen LogP contribution is -2.15. The van der Waals surface area contributed by atoms with E-state index in [-0.39, 0.29) is 0 Å². The minimum atomic E-state index is -1.20. The third kappa shape index (κ3) is 8.35. The van der Waals surface area contributed by atoms with E-state index in [0.29, 0.717) is 40.1 Å². The van der Waals surface area contributed by atoms with Gasteiger partial charge in [-0.1, -0.05) is 42.8 Å². The molecule has 40 heavy (non-hydrogen) atoms. The molecule has 0 spiro atoms. The summed E-state index contributed by atoms with van der Waals surface area (Å²) in [5, 5.41) is 14.1. The first-order valence-corrected chi connectivity index (χ1v) is 14.9. The number of alkyl halides is 1. The number of aryl methyl sites for hydroxylation is 1. The smallest absolute Gasteiger partial charge is 0.153 e. The van der Waals surface area contributed by atoms with Crippen LogP contribution < -0.4 is 10.1 Å². The fraction of sp³-hybridized carbons (Fsp3) is 0.258. The maximum absolute atomic E-state index is 12.9. The Labute approximate surface area is 242 Å². The van der Waals surface area contributed by atoms with Gasteiger partial charge in [-0.15, -0.1) is 0 Å². The number of aromatic nitrogens is 2. The van der Waals surface area contributed by atoms with Crippen LogP contribution in [0.4, 0.5) is 10.1 Å². The minimum Gasteiger partial charge on any atom is -0.611 e. The third-order valence-electron chi connectivity index (χ3n) is 6.16. The number of hydrogen-bond donors (Lipinski definition) is 2. The molecule has 0 amide bonds. The maximum atomic E-state index is 12.9. The van der Waals surface area contributed by atoms with Gasteiger partial charge in [-0.3, -0.25) is 4.39 Å². The van der Waals surface area contributed by atoms with Crippen molar-refractivity contribution in [3.8, 4) is 16.9 Å². The molecule has 3 aromatic carbocycles. The van der Waals surface area contributed by atoms with Crippen molar-refractivity contribution in [2.45, 2.75) is 43.2 Å². The number of nitrogens with zero attached hydrogens (tertiary/aromatic N) is 2. The van der Waals surface area contributed by atoms with Gasteiger partial charge in [0.2, 0.25) is 0 Å². The van der Waals surface area contributed by atoms with Crippen LogP contribution in [-0.2, 0) is 23.5 Å². The van der Waals surface area contributed by atoms with E-state index in [4.69, 9.17) is 16.3 Å². The number of halogens is 2. The SMILES string of the molecule is CCCn1cncc1C[S+]([O-])c1ccc(NC(O)/C=C/c2cc(-c3ccc(OCCCF)cc3)ccc2Cl)cc1. The number of rotatable bonds is 14. The number of ether oxygens (including phenoxy) is 1. The normalized spacial score (nSPS) is 12.9. The van der Waals surface area contributed by atoms with Gasteiger partial charge in [0.05, 0.1) is 31.5 Å². The van der Waals surface area contributed by atoms with E-state index in [9.17, 15) is 14.0 Å². The number of benzene rings is 3. The molecule has 2 unspecified atom stereocenters. The zero-order valence-electron chi connectivity index (χ0n) is 22.3. The van der Waals surface area contributed by atoms with Crippen LogP contribution in [0, 0.1) is 0 Å². The Bertz CT molecular complexity index is 1380. The van der Waals surface area contributed by atoms with Crippen molar-refractivity contribution < 1.29 is 18.8 Å². The molecule has 1 heterocycles. The Balaban J connectivity index is 1.35. The lowest BCUT2D eigenvalue weighted by molar-refractivity contribution is 0.253. The van der Waals surface area contributed by atoms with Crippen LogP contribution in [0.3, 0.4) is 0 Å². The molecule has 1 aromatic heterocycles. The molecular formula is C31H33ClFN3O3S. The molecule has 0 aliphatic rings. The summed E-state index contributed by atoms with van der Waals surface area (Å²) in [6.45, 7) is 2.89. The van der Waals surface area contributed by atoms with Crippen molar-refractivity contribution in [3.05, 3.63) is 102 Å². The molecule has 6 nitrogen and oxygen atoms in total. The second kappa shape index (κ2) is 14.9. The molecule has 0 saturated heterocycles. The monoisotopic (exact) mass is 581 g/mol. The predicted molar refractivity (Wildman–Crippen MR) is 161 cm³/mol. The second-order valence-electron chi connectivity index (χ2n) is 9.19. The first kappa shape index (κ1) is 29.7. The standard InChI is InChI=1S/C31H33ClFN3O3S/c1-2-17-36-22-34-20-27(36)21-40(38)29-12-8-26(9-13-29)35-31(37)15-7-25-19-24(6-14-30(25)32)23-4-10-28(11-5-23)39-18-3-16-33/h4-15,19-20,22,31,35,37H,2-3,16-18,21H2,1H3/b15-7+.